The topological polar surface area (TPSA) is 89.0 Å². The van der Waals surface area contributed by atoms with Crippen LogP contribution in [0.4, 0.5) is 4.79 Å². The van der Waals surface area contributed by atoms with Gasteiger partial charge in [0, 0.05) is 5.88 Å². The van der Waals surface area contributed by atoms with Crippen molar-refractivity contribution in [3.05, 3.63) is 51.4 Å². The Balaban J connectivity index is 1.53. The standard InChI is InChI=1S/C22H28ClN3O4/c23-11-7-15-5-9-22(10-6-15,24-21(27)25-26-28)30-20-19-14-17-4-2-1-3-16(17)13-18(19)8-12-29-20/h1-4,15,20H,5-14H2,(H2,24,25,27,28). The van der Waals surface area contributed by atoms with Gasteiger partial charge < -0.3 is 14.8 Å². The van der Waals surface area contributed by atoms with E-state index in [1.807, 2.05) is 5.43 Å². The molecule has 0 spiro atoms. The highest BCUT2D eigenvalue weighted by Crippen LogP contribution is 2.40. The maximum Gasteiger partial charge on any atom is 0.340 e. The number of halogens is 1. The van der Waals surface area contributed by atoms with Crippen LogP contribution in [-0.2, 0) is 22.3 Å². The van der Waals surface area contributed by atoms with Gasteiger partial charge in [0.25, 0.3) is 0 Å². The maximum absolute atomic E-state index is 12.1. The summed E-state index contributed by atoms with van der Waals surface area (Å²) in [7, 11) is 0. The SMILES string of the molecule is O=NNC(=O)NC1(OC2OCCC3=C2Cc2ccccc2C3)CCC(CCCl)CC1. The van der Waals surface area contributed by atoms with Crippen LogP contribution in [0.15, 0.2) is 40.7 Å². The Labute approximate surface area is 181 Å². The van der Waals surface area contributed by atoms with E-state index in [1.165, 1.54) is 16.7 Å². The molecule has 1 aromatic rings. The Morgan fingerprint density at radius 2 is 1.97 bits per heavy atom. The van der Waals surface area contributed by atoms with Crippen molar-refractivity contribution in [2.45, 2.75) is 63.4 Å². The minimum absolute atomic E-state index is 0.504. The monoisotopic (exact) mass is 433 g/mol. The molecule has 4 rings (SSSR count). The molecular weight excluding hydrogens is 406 g/mol. The number of urea groups is 1. The van der Waals surface area contributed by atoms with E-state index in [-0.39, 0.29) is 0 Å². The molecule has 1 atom stereocenters. The molecular formula is C22H28ClN3O4. The van der Waals surface area contributed by atoms with E-state index in [0.29, 0.717) is 31.2 Å². The molecule has 162 valence electrons. The number of rotatable bonds is 6. The van der Waals surface area contributed by atoms with E-state index in [4.69, 9.17) is 21.1 Å². The summed E-state index contributed by atoms with van der Waals surface area (Å²) in [5.41, 5.74) is 6.23. The molecule has 2 amide bonds. The molecule has 3 aliphatic rings. The van der Waals surface area contributed by atoms with Crippen molar-refractivity contribution in [2.75, 3.05) is 12.5 Å². The van der Waals surface area contributed by atoms with Crippen molar-refractivity contribution in [3.63, 3.8) is 0 Å². The summed E-state index contributed by atoms with van der Waals surface area (Å²) in [4.78, 5) is 22.6. The third-order valence-electron chi connectivity index (χ3n) is 6.57. The highest BCUT2D eigenvalue weighted by Gasteiger charge is 2.42. The van der Waals surface area contributed by atoms with E-state index >= 15 is 0 Å². The van der Waals surface area contributed by atoms with Crippen molar-refractivity contribution in [1.29, 1.82) is 0 Å². The van der Waals surface area contributed by atoms with Gasteiger partial charge in [-0.25, -0.2) is 4.79 Å². The maximum atomic E-state index is 12.1. The molecule has 1 unspecified atom stereocenters. The number of benzene rings is 1. The zero-order chi connectivity index (χ0) is 21.0. The van der Waals surface area contributed by atoms with E-state index in [9.17, 15) is 9.70 Å². The van der Waals surface area contributed by atoms with Gasteiger partial charge in [-0.3, -0.25) is 0 Å². The quantitative estimate of drug-likeness (QED) is 0.229. The van der Waals surface area contributed by atoms with Gasteiger partial charge in [0.2, 0.25) is 0 Å². The summed E-state index contributed by atoms with van der Waals surface area (Å²) >= 11 is 5.92. The van der Waals surface area contributed by atoms with Crippen LogP contribution in [0.2, 0.25) is 0 Å². The van der Waals surface area contributed by atoms with Gasteiger partial charge in [-0.2, -0.15) is 5.43 Å². The summed E-state index contributed by atoms with van der Waals surface area (Å²) < 4.78 is 12.6. The van der Waals surface area contributed by atoms with Gasteiger partial charge >= 0.3 is 6.03 Å². The number of alkyl halides is 1. The van der Waals surface area contributed by atoms with Gasteiger partial charge in [0.05, 0.1) is 11.9 Å². The third kappa shape index (κ3) is 4.68. The predicted octanol–water partition coefficient (Wildman–Crippen LogP) is 4.34. The number of ether oxygens (including phenoxy) is 2. The van der Waals surface area contributed by atoms with E-state index in [2.05, 4.69) is 34.9 Å². The number of amides is 2. The molecule has 0 aromatic heterocycles. The predicted molar refractivity (Wildman–Crippen MR) is 114 cm³/mol. The number of nitrogens with zero attached hydrogens (tertiary/aromatic N) is 1. The average Bonchev–Trinajstić information content (AvgIpc) is 2.75. The third-order valence-corrected chi connectivity index (χ3v) is 6.78. The Bertz CT molecular complexity index is 820. The lowest BCUT2D eigenvalue weighted by Gasteiger charge is -2.44. The molecule has 0 radical (unpaired) electrons. The van der Waals surface area contributed by atoms with Crippen LogP contribution in [-0.4, -0.2) is 30.5 Å². The number of hydrogen-bond acceptors (Lipinski definition) is 5. The molecule has 1 heterocycles. The van der Waals surface area contributed by atoms with Gasteiger partial charge in [0.15, 0.2) is 6.29 Å². The van der Waals surface area contributed by atoms with Crippen molar-refractivity contribution in [1.82, 2.24) is 10.7 Å². The Hall–Kier alpha value is -1.96. The highest BCUT2D eigenvalue weighted by atomic mass is 35.5. The van der Waals surface area contributed by atoms with Gasteiger partial charge in [-0.05, 0) is 74.0 Å². The van der Waals surface area contributed by atoms with Gasteiger partial charge in [0.1, 0.15) is 5.72 Å². The van der Waals surface area contributed by atoms with Crippen LogP contribution in [0.1, 0.15) is 49.7 Å². The molecule has 1 aliphatic heterocycles. The van der Waals surface area contributed by atoms with Crippen LogP contribution in [0, 0.1) is 10.8 Å². The zero-order valence-corrected chi connectivity index (χ0v) is 17.7. The normalized spacial score (nSPS) is 28.3. The van der Waals surface area contributed by atoms with Gasteiger partial charge in [-0.1, -0.05) is 29.8 Å². The van der Waals surface area contributed by atoms with Crippen LogP contribution < -0.4 is 10.7 Å². The molecule has 1 saturated carbocycles. The Morgan fingerprint density at radius 3 is 2.67 bits per heavy atom. The van der Waals surface area contributed by atoms with E-state index < -0.39 is 18.0 Å². The summed E-state index contributed by atoms with van der Waals surface area (Å²) in [6.45, 7) is 0.596. The van der Waals surface area contributed by atoms with Crippen molar-refractivity contribution in [2.24, 2.45) is 11.2 Å². The fourth-order valence-electron chi connectivity index (χ4n) is 4.91. The first kappa shape index (κ1) is 21.3. The second kappa shape index (κ2) is 9.45. The molecule has 8 heteroatoms. The summed E-state index contributed by atoms with van der Waals surface area (Å²) in [6, 6.07) is 7.82. The lowest BCUT2D eigenvalue weighted by molar-refractivity contribution is -0.217. The first-order chi connectivity index (χ1) is 14.6. The number of fused-ring (bicyclic) bond motifs is 1. The zero-order valence-electron chi connectivity index (χ0n) is 17.0. The highest BCUT2D eigenvalue weighted by molar-refractivity contribution is 6.17. The molecule has 2 N–H and O–H groups in total. The molecule has 7 nitrogen and oxygen atoms in total. The summed E-state index contributed by atoms with van der Waals surface area (Å²) in [6.07, 6.45) is 6.12. The number of carbonyl (C=O) groups is 1. The van der Waals surface area contributed by atoms with E-state index in [0.717, 1.165) is 44.1 Å². The van der Waals surface area contributed by atoms with Crippen LogP contribution in [0.25, 0.3) is 0 Å². The number of hydrogen-bond donors (Lipinski definition) is 2. The number of nitrogens with one attached hydrogen (secondary N) is 2. The first-order valence-corrected chi connectivity index (χ1v) is 11.2. The molecule has 30 heavy (non-hydrogen) atoms. The number of nitroso groups, excluding NO2 is 1. The molecule has 0 bridgehead atoms. The number of carbonyl (C=O) groups excluding carboxylic acids is 1. The van der Waals surface area contributed by atoms with Crippen LogP contribution in [0.3, 0.4) is 0 Å². The van der Waals surface area contributed by atoms with E-state index in [1.54, 1.807) is 0 Å². The average molecular weight is 434 g/mol. The van der Waals surface area contributed by atoms with Crippen LogP contribution >= 0.6 is 11.6 Å². The smallest absolute Gasteiger partial charge is 0.340 e. The first-order valence-electron chi connectivity index (χ1n) is 10.7. The Morgan fingerprint density at radius 1 is 1.23 bits per heavy atom. The minimum Gasteiger partial charge on any atom is -0.348 e. The molecule has 0 saturated heterocycles. The van der Waals surface area contributed by atoms with Gasteiger partial charge in [-0.15, -0.1) is 16.5 Å². The molecule has 1 aromatic carbocycles. The summed E-state index contributed by atoms with van der Waals surface area (Å²) in [5, 5.41) is 5.34. The second-order valence-corrected chi connectivity index (χ2v) is 8.77. The minimum atomic E-state index is -0.894. The fraction of sp³-hybridized carbons (Fsp3) is 0.591. The Kier molecular flexibility index (Phi) is 6.71. The largest absolute Gasteiger partial charge is 0.348 e. The summed E-state index contributed by atoms with van der Waals surface area (Å²) in [5.74, 6) is 1.14. The molecule has 1 fully saturated rings. The van der Waals surface area contributed by atoms with Crippen molar-refractivity contribution in [3.8, 4) is 0 Å². The van der Waals surface area contributed by atoms with Crippen molar-refractivity contribution < 1.29 is 14.3 Å². The lowest BCUT2D eigenvalue weighted by Crippen LogP contribution is -2.57. The lowest BCUT2D eigenvalue weighted by atomic mass is 9.81. The molecule has 2 aliphatic carbocycles. The van der Waals surface area contributed by atoms with Crippen molar-refractivity contribution >= 4 is 17.6 Å². The second-order valence-electron chi connectivity index (χ2n) is 8.39. The fourth-order valence-corrected chi connectivity index (χ4v) is 5.22. The van der Waals surface area contributed by atoms with Crippen LogP contribution in [0.5, 0.6) is 0 Å².